The van der Waals surface area contributed by atoms with Gasteiger partial charge in [0.05, 0.1) is 41.7 Å². The summed E-state index contributed by atoms with van der Waals surface area (Å²) in [5.74, 6) is -1.61. The molecule has 0 saturated carbocycles. The number of nitrogens with zero attached hydrogens (tertiary/aromatic N) is 2. The van der Waals surface area contributed by atoms with Crippen LogP contribution in [-0.4, -0.2) is 23.6 Å². The van der Waals surface area contributed by atoms with Gasteiger partial charge in [0.1, 0.15) is 11.6 Å². The van der Waals surface area contributed by atoms with Crippen LogP contribution in [-0.2, 0) is 0 Å². The van der Waals surface area contributed by atoms with Crippen molar-refractivity contribution in [1.29, 1.82) is 5.26 Å². The molecule has 0 spiro atoms. The number of β-amino-alcohol motifs (C(OH)–C–C–N with tert-alkyl or cyclic N) is 1. The summed E-state index contributed by atoms with van der Waals surface area (Å²) in [4.78, 5) is 27.1. The predicted octanol–water partition coefficient (Wildman–Crippen LogP) is 4.41. The summed E-state index contributed by atoms with van der Waals surface area (Å²) in [6.07, 6.45) is -1.07. The van der Waals surface area contributed by atoms with Gasteiger partial charge in [-0.25, -0.2) is 13.6 Å². The van der Waals surface area contributed by atoms with Crippen LogP contribution in [0.1, 0.15) is 44.8 Å². The third-order valence-corrected chi connectivity index (χ3v) is 6.21. The normalized spacial score (nSPS) is 18.2. The highest BCUT2D eigenvalue weighted by Gasteiger charge is 2.36. The first kappa shape index (κ1) is 21.8. The lowest BCUT2D eigenvalue weighted by Crippen LogP contribution is -2.34. The molecule has 10 heteroatoms. The number of aliphatic hydroxyl groups is 1. The SMILES string of the molecule is N#Cc1cc(NC(=O)N2C[C@@H](O)c3cc(F)ccc32)c2c(c1)C(=O)N[C@@H]2c1cc(F)ccc1Cl. The molecule has 0 saturated heterocycles. The number of nitrogens with one attached hydrogen (secondary N) is 2. The van der Waals surface area contributed by atoms with Crippen molar-refractivity contribution in [3.63, 3.8) is 0 Å². The van der Waals surface area contributed by atoms with E-state index in [4.69, 9.17) is 11.6 Å². The first-order chi connectivity index (χ1) is 16.3. The third-order valence-electron chi connectivity index (χ3n) is 5.87. The maximum Gasteiger partial charge on any atom is 0.326 e. The molecule has 170 valence electrons. The number of anilines is 2. The number of halogens is 3. The molecule has 3 N–H and O–H groups in total. The highest BCUT2D eigenvalue weighted by molar-refractivity contribution is 6.31. The monoisotopic (exact) mass is 480 g/mol. The largest absolute Gasteiger partial charge is 0.386 e. The second kappa shape index (κ2) is 8.09. The number of carbonyl (C=O) groups is 2. The minimum atomic E-state index is -1.07. The van der Waals surface area contributed by atoms with Crippen LogP contribution in [0, 0.1) is 23.0 Å². The highest BCUT2D eigenvalue weighted by Crippen LogP contribution is 2.41. The van der Waals surface area contributed by atoms with Crippen molar-refractivity contribution in [3.05, 3.63) is 93.0 Å². The van der Waals surface area contributed by atoms with Crippen LogP contribution in [0.2, 0.25) is 5.02 Å². The van der Waals surface area contributed by atoms with Crippen molar-refractivity contribution >= 4 is 34.9 Å². The molecule has 0 aliphatic carbocycles. The van der Waals surface area contributed by atoms with Crippen molar-refractivity contribution < 1.29 is 23.5 Å². The van der Waals surface area contributed by atoms with Crippen molar-refractivity contribution in [2.24, 2.45) is 0 Å². The fourth-order valence-electron chi connectivity index (χ4n) is 4.35. The third kappa shape index (κ3) is 3.53. The van der Waals surface area contributed by atoms with Gasteiger partial charge in [-0.1, -0.05) is 11.6 Å². The van der Waals surface area contributed by atoms with Crippen molar-refractivity contribution in [1.82, 2.24) is 5.32 Å². The second-order valence-corrected chi connectivity index (χ2v) is 8.34. The van der Waals surface area contributed by atoms with Gasteiger partial charge in [-0.15, -0.1) is 0 Å². The van der Waals surface area contributed by atoms with Gasteiger partial charge >= 0.3 is 6.03 Å². The van der Waals surface area contributed by atoms with E-state index in [-0.39, 0.29) is 39.5 Å². The lowest BCUT2D eigenvalue weighted by atomic mass is 9.94. The molecule has 3 aromatic carbocycles. The average Bonchev–Trinajstić information content (AvgIpc) is 3.32. The van der Waals surface area contributed by atoms with E-state index in [2.05, 4.69) is 10.6 Å². The zero-order valence-electron chi connectivity index (χ0n) is 17.3. The van der Waals surface area contributed by atoms with E-state index in [0.29, 0.717) is 11.3 Å². The summed E-state index contributed by atoms with van der Waals surface area (Å²) in [7, 11) is 0. The number of aliphatic hydroxyl groups excluding tert-OH is 1. The summed E-state index contributed by atoms with van der Waals surface area (Å²) < 4.78 is 27.6. The van der Waals surface area contributed by atoms with Gasteiger partial charge in [0, 0.05) is 27.3 Å². The summed E-state index contributed by atoms with van der Waals surface area (Å²) in [5.41, 5.74) is 1.62. The van der Waals surface area contributed by atoms with Crippen LogP contribution in [0.25, 0.3) is 0 Å². The number of amides is 3. The Morgan fingerprint density at radius 3 is 2.59 bits per heavy atom. The van der Waals surface area contributed by atoms with Gasteiger partial charge in [0.15, 0.2) is 0 Å². The molecule has 0 aromatic heterocycles. The Morgan fingerprint density at radius 2 is 1.85 bits per heavy atom. The number of carbonyl (C=O) groups excluding carboxylic acids is 2. The number of urea groups is 1. The predicted molar refractivity (Wildman–Crippen MR) is 120 cm³/mol. The Labute approximate surface area is 197 Å². The maximum atomic E-state index is 14.0. The molecule has 2 heterocycles. The minimum Gasteiger partial charge on any atom is -0.386 e. The molecule has 3 amide bonds. The standard InChI is InChI=1S/C24H15ClF2N4O3/c25-17-3-1-12(26)7-14(17)22-21-16(23(33)30-22)5-11(9-28)6-18(21)29-24(34)31-10-20(32)15-8-13(27)2-4-19(15)31/h1-8,20,22,32H,10H2,(H,29,34)(H,30,33)/t20-,22-/m1/s1. The molecule has 0 unspecified atom stereocenters. The van der Waals surface area contributed by atoms with Gasteiger partial charge in [0.2, 0.25) is 0 Å². The van der Waals surface area contributed by atoms with E-state index in [0.717, 1.165) is 6.07 Å². The van der Waals surface area contributed by atoms with Crippen LogP contribution in [0.4, 0.5) is 25.0 Å². The van der Waals surface area contributed by atoms with Crippen LogP contribution in [0.5, 0.6) is 0 Å². The number of hydrogen-bond acceptors (Lipinski definition) is 4. The minimum absolute atomic E-state index is 0.110. The zero-order chi connectivity index (χ0) is 24.1. The van der Waals surface area contributed by atoms with Crippen LogP contribution < -0.4 is 15.5 Å². The van der Waals surface area contributed by atoms with Crippen LogP contribution >= 0.6 is 11.6 Å². The summed E-state index contributed by atoms with van der Waals surface area (Å²) >= 11 is 6.27. The molecule has 2 aliphatic heterocycles. The summed E-state index contributed by atoms with van der Waals surface area (Å²) in [6, 6.07) is 10.6. The molecule has 0 bridgehead atoms. The molecule has 2 atom stereocenters. The van der Waals surface area contributed by atoms with Crippen molar-refractivity contribution in [2.45, 2.75) is 12.1 Å². The van der Waals surface area contributed by atoms with E-state index < -0.39 is 35.7 Å². The molecule has 7 nitrogen and oxygen atoms in total. The van der Waals surface area contributed by atoms with Crippen molar-refractivity contribution in [2.75, 3.05) is 16.8 Å². The summed E-state index contributed by atoms with van der Waals surface area (Å²) in [6.45, 7) is -0.110. The van der Waals surface area contributed by atoms with Gasteiger partial charge in [0.25, 0.3) is 5.91 Å². The molecule has 2 aliphatic rings. The lowest BCUT2D eigenvalue weighted by molar-refractivity contribution is 0.0960. The average molecular weight is 481 g/mol. The number of nitriles is 1. The molecule has 5 rings (SSSR count). The number of benzene rings is 3. The Kier molecular flexibility index (Phi) is 5.20. The highest BCUT2D eigenvalue weighted by atomic mass is 35.5. The Balaban J connectivity index is 1.57. The topological polar surface area (TPSA) is 105 Å². The number of fused-ring (bicyclic) bond motifs is 2. The van der Waals surface area contributed by atoms with E-state index in [1.165, 1.54) is 47.4 Å². The van der Waals surface area contributed by atoms with Gasteiger partial charge in [-0.3, -0.25) is 9.69 Å². The van der Waals surface area contributed by atoms with Crippen LogP contribution in [0.3, 0.4) is 0 Å². The Hall–Kier alpha value is -4.00. The smallest absolute Gasteiger partial charge is 0.326 e. The lowest BCUT2D eigenvalue weighted by Gasteiger charge is -2.21. The van der Waals surface area contributed by atoms with Gasteiger partial charge in [-0.05, 0) is 48.5 Å². The van der Waals surface area contributed by atoms with E-state index in [9.17, 15) is 28.7 Å². The van der Waals surface area contributed by atoms with E-state index >= 15 is 0 Å². The Morgan fingerprint density at radius 1 is 1.15 bits per heavy atom. The summed E-state index contributed by atoms with van der Waals surface area (Å²) in [5, 5.41) is 25.3. The molecule has 34 heavy (non-hydrogen) atoms. The van der Waals surface area contributed by atoms with E-state index in [1.807, 2.05) is 6.07 Å². The quantitative estimate of drug-likeness (QED) is 0.505. The maximum absolute atomic E-state index is 14.0. The second-order valence-electron chi connectivity index (χ2n) is 7.93. The molecule has 3 aromatic rings. The fraction of sp³-hybridized carbons (Fsp3) is 0.125. The molecule has 0 fully saturated rings. The first-order valence-corrected chi connectivity index (χ1v) is 10.5. The molecular formula is C24H15ClF2N4O3. The van der Waals surface area contributed by atoms with Crippen molar-refractivity contribution in [3.8, 4) is 6.07 Å². The first-order valence-electron chi connectivity index (χ1n) is 10.2. The zero-order valence-corrected chi connectivity index (χ0v) is 18.0. The van der Waals surface area contributed by atoms with Gasteiger partial charge < -0.3 is 15.7 Å². The van der Waals surface area contributed by atoms with Crippen LogP contribution in [0.15, 0.2) is 48.5 Å². The van der Waals surface area contributed by atoms with E-state index in [1.54, 1.807) is 0 Å². The molecule has 0 radical (unpaired) electrons. The number of hydrogen-bond donors (Lipinski definition) is 3. The molecular weight excluding hydrogens is 466 g/mol. The van der Waals surface area contributed by atoms with Gasteiger partial charge in [-0.2, -0.15) is 5.26 Å². The number of rotatable bonds is 2. The Bertz CT molecular complexity index is 1420. The fourth-order valence-corrected chi connectivity index (χ4v) is 4.58.